The highest BCUT2D eigenvalue weighted by Gasteiger charge is 2.25. The molecule has 1 saturated heterocycles. The molecule has 0 saturated carbocycles. The Kier molecular flexibility index (Phi) is 4.85. The first-order valence-corrected chi connectivity index (χ1v) is 5.74. The van der Waals surface area contributed by atoms with E-state index in [1.165, 1.54) is 6.42 Å². The highest BCUT2D eigenvalue weighted by atomic mass is 16.5. The van der Waals surface area contributed by atoms with E-state index in [-0.39, 0.29) is 0 Å². The topological polar surface area (TPSA) is 38.5 Å². The van der Waals surface area contributed by atoms with Crippen molar-refractivity contribution in [2.75, 3.05) is 19.8 Å². The zero-order valence-electron chi connectivity index (χ0n) is 9.70. The van der Waals surface area contributed by atoms with E-state index in [1.54, 1.807) is 0 Å². The number of rotatable bonds is 4. The predicted octanol–water partition coefficient (Wildman–Crippen LogP) is 1.22. The molecule has 0 spiro atoms. The summed E-state index contributed by atoms with van der Waals surface area (Å²) in [6.07, 6.45) is 2.25. The number of morpholine rings is 1. The van der Waals surface area contributed by atoms with Crippen LogP contribution in [0.3, 0.4) is 0 Å². The van der Waals surface area contributed by atoms with Crippen molar-refractivity contribution < 1.29 is 4.74 Å². The highest BCUT2D eigenvalue weighted by Crippen LogP contribution is 2.16. The van der Waals surface area contributed by atoms with E-state index >= 15 is 0 Å². The minimum Gasteiger partial charge on any atom is -0.378 e. The molecule has 1 aliphatic heterocycles. The smallest absolute Gasteiger partial charge is 0.0622 e. The molecule has 0 aromatic heterocycles. The van der Waals surface area contributed by atoms with Gasteiger partial charge in [-0.3, -0.25) is 4.90 Å². The number of hydrogen-bond acceptors (Lipinski definition) is 3. The average molecular weight is 200 g/mol. The minimum atomic E-state index is 0.297. The molecule has 0 amide bonds. The molecule has 84 valence electrons. The van der Waals surface area contributed by atoms with Crippen LogP contribution in [0.15, 0.2) is 0 Å². The van der Waals surface area contributed by atoms with Crippen LogP contribution >= 0.6 is 0 Å². The van der Waals surface area contributed by atoms with E-state index in [0.717, 1.165) is 26.2 Å². The maximum Gasteiger partial charge on any atom is 0.0622 e. The Morgan fingerprint density at radius 3 is 2.79 bits per heavy atom. The summed E-state index contributed by atoms with van der Waals surface area (Å²) in [5, 5.41) is 0. The molecule has 1 heterocycles. The largest absolute Gasteiger partial charge is 0.378 e. The SMILES string of the molecule is CCC1COCCN1C(C)CC(C)N. The molecule has 2 N–H and O–H groups in total. The fourth-order valence-corrected chi connectivity index (χ4v) is 2.27. The van der Waals surface area contributed by atoms with Gasteiger partial charge < -0.3 is 10.5 Å². The molecular formula is C11H24N2O. The molecule has 0 radical (unpaired) electrons. The molecule has 3 atom stereocenters. The molecule has 0 aromatic rings. The molecule has 3 nitrogen and oxygen atoms in total. The van der Waals surface area contributed by atoms with Gasteiger partial charge in [-0.05, 0) is 26.7 Å². The third-order valence-electron chi connectivity index (χ3n) is 3.02. The Labute approximate surface area is 87.6 Å². The van der Waals surface area contributed by atoms with E-state index in [2.05, 4.69) is 25.7 Å². The number of nitrogens with two attached hydrogens (primary N) is 1. The van der Waals surface area contributed by atoms with Crippen LogP contribution in [0.5, 0.6) is 0 Å². The fourth-order valence-electron chi connectivity index (χ4n) is 2.27. The van der Waals surface area contributed by atoms with E-state index in [0.29, 0.717) is 18.1 Å². The van der Waals surface area contributed by atoms with Gasteiger partial charge >= 0.3 is 0 Å². The van der Waals surface area contributed by atoms with E-state index in [4.69, 9.17) is 10.5 Å². The van der Waals surface area contributed by atoms with Crippen LogP contribution in [0.2, 0.25) is 0 Å². The first kappa shape index (κ1) is 12.0. The van der Waals surface area contributed by atoms with Crippen LogP contribution in [-0.2, 0) is 4.74 Å². The van der Waals surface area contributed by atoms with Crippen molar-refractivity contribution in [1.82, 2.24) is 4.90 Å². The van der Waals surface area contributed by atoms with Crippen LogP contribution in [-0.4, -0.2) is 42.8 Å². The quantitative estimate of drug-likeness (QED) is 0.741. The average Bonchev–Trinajstić information content (AvgIpc) is 2.16. The van der Waals surface area contributed by atoms with Crippen molar-refractivity contribution >= 4 is 0 Å². The molecule has 1 fully saturated rings. The van der Waals surface area contributed by atoms with Gasteiger partial charge in [0, 0.05) is 24.7 Å². The third-order valence-corrected chi connectivity index (χ3v) is 3.02. The minimum absolute atomic E-state index is 0.297. The van der Waals surface area contributed by atoms with E-state index < -0.39 is 0 Å². The van der Waals surface area contributed by atoms with Crippen molar-refractivity contribution in [3.8, 4) is 0 Å². The molecule has 0 aromatic carbocycles. The van der Waals surface area contributed by atoms with E-state index in [1.807, 2.05) is 0 Å². The number of hydrogen-bond donors (Lipinski definition) is 1. The second kappa shape index (κ2) is 5.69. The Hall–Kier alpha value is -0.120. The molecule has 0 bridgehead atoms. The standard InChI is InChI=1S/C11H24N2O/c1-4-11-8-14-6-5-13(11)10(3)7-9(2)12/h9-11H,4-8,12H2,1-3H3. The summed E-state index contributed by atoms with van der Waals surface area (Å²) in [6, 6.07) is 1.48. The Morgan fingerprint density at radius 1 is 1.50 bits per heavy atom. The zero-order chi connectivity index (χ0) is 10.6. The lowest BCUT2D eigenvalue weighted by molar-refractivity contribution is -0.0288. The van der Waals surface area contributed by atoms with Gasteiger partial charge in [0.25, 0.3) is 0 Å². The van der Waals surface area contributed by atoms with Gasteiger partial charge in [0.2, 0.25) is 0 Å². The normalized spacial score (nSPS) is 28.7. The van der Waals surface area contributed by atoms with Crippen LogP contribution in [0.25, 0.3) is 0 Å². The van der Waals surface area contributed by atoms with Crippen LogP contribution in [0, 0.1) is 0 Å². The van der Waals surface area contributed by atoms with Crippen LogP contribution in [0.1, 0.15) is 33.6 Å². The van der Waals surface area contributed by atoms with Crippen LogP contribution in [0.4, 0.5) is 0 Å². The molecule has 3 unspecified atom stereocenters. The Bertz CT molecular complexity index is 161. The lowest BCUT2D eigenvalue weighted by Crippen LogP contribution is -2.50. The summed E-state index contributed by atoms with van der Waals surface area (Å²) < 4.78 is 5.49. The van der Waals surface area contributed by atoms with Crippen molar-refractivity contribution in [1.29, 1.82) is 0 Å². The molecular weight excluding hydrogens is 176 g/mol. The molecule has 1 rings (SSSR count). The first-order valence-electron chi connectivity index (χ1n) is 5.74. The van der Waals surface area contributed by atoms with Gasteiger partial charge in [-0.25, -0.2) is 0 Å². The monoisotopic (exact) mass is 200 g/mol. The van der Waals surface area contributed by atoms with Gasteiger partial charge in [-0.2, -0.15) is 0 Å². The van der Waals surface area contributed by atoms with Crippen molar-refractivity contribution in [3.05, 3.63) is 0 Å². The van der Waals surface area contributed by atoms with Crippen LogP contribution < -0.4 is 5.73 Å². The molecule has 14 heavy (non-hydrogen) atoms. The van der Waals surface area contributed by atoms with Gasteiger partial charge in [0.1, 0.15) is 0 Å². The summed E-state index contributed by atoms with van der Waals surface area (Å²) >= 11 is 0. The molecule has 1 aliphatic rings. The lowest BCUT2D eigenvalue weighted by atomic mass is 10.0. The highest BCUT2D eigenvalue weighted by molar-refractivity contribution is 4.80. The summed E-state index contributed by atoms with van der Waals surface area (Å²) in [4.78, 5) is 2.55. The van der Waals surface area contributed by atoms with Crippen molar-refractivity contribution in [2.45, 2.75) is 51.7 Å². The van der Waals surface area contributed by atoms with Gasteiger partial charge in [0.05, 0.1) is 13.2 Å². The Morgan fingerprint density at radius 2 is 2.21 bits per heavy atom. The van der Waals surface area contributed by atoms with Gasteiger partial charge in [-0.15, -0.1) is 0 Å². The van der Waals surface area contributed by atoms with Gasteiger partial charge in [0.15, 0.2) is 0 Å². The molecule has 3 heteroatoms. The van der Waals surface area contributed by atoms with Gasteiger partial charge in [-0.1, -0.05) is 6.92 Å². The second-order valence-electron chi connectivity index (χ2n) is 4.44. The summed E-state index contributed by atoms with van der Waals surface area (Å²) in [5.74, 6) is 0. The van der Waals surface area contributed by atoms with E-state index in [9.17, 15) is 0 Å². The first-order chi connectivity index (χ1) is 6.65. The maximum atomic E-state index is 5.83. The summed E-state index contributed by atoms with van der Waals surface area (Å²) in [6.45, 7) is 9.41. The summed E-state index contributed by atoms with van der Waals surface area (Å²) in [7, 11) is 0. The number of ether oxygens (including phenoxy) is 1. The number of nitrogens with zero attached hydrogens (tertiary/aromatic N) is 1. The van der Waals surface area contributed by atoms with Crippen molar-refractivity contribution in [2.24, 2.45) is 5.73 Å². The fraction of sp³-hybridized carbons (Fsp3) is 1.00. The lowest BCUT2D eigenvalue weighted by Gasteiger charge is -2.39. The molecule has 0 aliphatic carbocycles. The predicted molar refractivity (Wildman–Crippen MR) is 59.3 cm³/mol. The third kappa shape index (κ3) is 3.23. The Balaban J connectivity index is 2.45. The summed E-state index contributed by atoms with van der Waals surface area (Å²) in [5.41, 5.74) is 5.83. The van der Waals surface area contributed by atoms with Crippen molar-refractivity contribution in [3.63, 3.8) is 0 Å². The second-order valence-corrected chi connectivity index (χ2v) is 4.44. The zero-order valence-corrected chi connectivity index (χ0v) is 9.70. The maximum absolute atomic E-state index is 5.83.